The normalized spacial score (nSPS) is 14.8. The molecule has 1 aliphatic heterocycles. The van der Waals surface area contributed by atoms with Crippen molar-refractivity contribution >= 4 is 21.8 Å². The van der Waals surface area contributed by atoms with Crippen molar-refractivity contribution in [3.05, 3.63) is 29.8 Å². The Morgan fingerprint density at radius 3 is 2.75 bits per heavy atom. The smallest absolute Gasteiger partial charge is 0.285 e. The van der Waals surface area contributed by atoms with Gasteiger partial charge in [-0.3, -0.25) is 4.79 Å². The number of amides is 1. The van der Waals surface area contributed by atoms with Gasteiger partial charge in [0.05, 0.1) is 26.4 Å². The maximum atomic E-state index is 12.0. The van der Waals surface area contributed by atoms with Gasteiger partial charge in [-0.1, -0.05) is 12.1 Å². The van der Waals surface area contributed by atoms with Gasteiger partial charge in [0.15, 0.2) is 5.84 Å². The Hall–Kier alpha value is -1.97. The number of sulfonamides is 1. The van der Waals surface area contributed by atoms with Gasteiger partial charge in [-0.25, -0.2) is 0 Å². The van der Waals surface area contributed by atoms with E-state index >= 15 is 0 Å². The van der Waals surface area contributed by atoms with Crippen LogP contribution in [0.2, 0.25) is 0 Å². The van der Waals surface area contributed by atoms with E-state index < -0.39 is 10.0 Å². The fourth-order valence-corrected chi connectivity index (χ4v) is 3.47. The second kappa shape index (κ2) is 8.22. The number of hydrogen-bond acceptors (Lipinski definition) is 6. The van der Waals surface area contributed by atoms with Crippen molar-refractivity contribution < 1.29 is 22.7 Å². The van der Waals surface area contributed by atoms with Gasteiger partial charge in [-0.15, -0.1) is 4.40 Å². The summed E-state index contributed by atoms with van der Waals surface area (Å²) in [7, 11) is -0.464. The van der Waals surface area contributed by atoms with Crippen LogP contribution in [0.25, 0.3) is 0 Å². The van der Waals surface area contributed by atoms with Gasteiger partial charge < -0.3 is 19.7 Å². The molecule has 0 saturated carbocycles. The van der Waals surface area contributed by atoms with Gasteiger partial charge >= 0.3 is 0 Å². The number of benzene rings is 1. The van der Waals surface area contributed by atoms with Crippen molar-refractivity contribution in [3.63, 3.8) is 0 Å². The molecule has 0 bridgehead atoms. The minimum atomic E-state index is -3.68. The summed E-state index contributed by atoms with van der Waals surface area (Å²) < 4.78 is 37.9. The van der Waals surface area contributed by atoms with Crippen molar-refractivity contribution in [2.75, 3.05) is 47.1 Å². The van der Waals surface area contributed by atoms with Crippen LogP contribution in [0.1, 0.15) is 5.56 Å². The predicted molar refractivity (Wildman–Crippen MR) is 88.5 cm³/mol. The molecular weight excluding hydrogens is 334 g/mol. The van der Waals surface area contributed by atoms with Gasteiger partial charge in [0, 0.05) is 26.3 Å². The molecule has 9 heteroatoms. The molecule has 0 spiro atoms. The molecule has 1 aliphatic rings. The van der Waals surface area contributed by atoms with Gasteiger partial charge in [0.2, 0.25) is 5.91 Å². The fraction of sp³-hybridized carbons (Fsp3) is 0.467. The highest BCUT2D eigenvalue weighted by molar-refractivity contribution is 7.90. The number of likely N-dealkylation sites (N-methyl/N-ethyl adjacent to an activating group) is 1. The molecule has 2 rings (SSSR count). The van der Waals surface area contributed by atoms with Gasteiger partial charge in [0.25, 0.3) is 10.0 Å². The summed E-state index contributed by atoms with van der Waals surface area (Å²) in [4.78, 5) is 13.6. The first-order chi connectivity index (χ1) is 11.5. The minimum Gasteiger partial charge on any atom is -0.382 e. The molecule has 0 unspecified atom stereocenters. The maximum absolute atomic E-state index is 12.0. The summed E-state index contributed by atoms with van der Waals surface area (Å²) in [6.07, 6.45) is 0. The number of nitrogens with zero attached hydrogens (tertiary/aromatic N) is 2. The molecule has 0 aromatic heterocycles. The van der Waals surface area contributed by atoms with Crippen LogP contribution in [-0.2, 0) is 24.3 Å². The first-order valence-electron chi connectivity index (χ1n) is 7.44. The summed E-state index contributed by atoms with van der Waals surface area (Å²) in [6.45, 7) is 1.73. The molecule has 1 amide bonds. The molecule has 0 saturated heterocycles. The first kappa shape index (κ1) is 18.4. The topological polar surface area (TPSA) is 97.3 Å². The van der Waals surface area contributed by atoms with Crippen molar-refractivity contribution in [2.45, 2.75) is 4.90 Å². The lowest BCUT2D eigenvalue weighted by atomic mass is 10.2. The van der Waals surface area contributed by atoms with E-state index in [2.05, 4.69) is 9.71 Å². The Bertz CT molecular complexity index is 718. The highest BCUT2D eigenvalue weighted by atomic mass is 32.2. The summed E-state index contributed by atoms with van der Waals surface area (Å²) in [6, 6.07) is 6.56. The van der Waals surface area contributed by atoms with E-state index in [-0.39, 0.29) is 23.2 Å². The van der Waals surface area contributed by atoms with Crippen LogP contribution < -0.4 is 5.32 Å². The monoisotopic (exact) mass is 355 g/mol. The van der Waals surface area contributed by atoms with Gasteiger partial charge in [-0.2, -0.15) is 8.42 Å². The number of ether oxygens (including phenoxy) is 2. The molecule has 132 valence electrons. The molecular formula is C15H21N3O5S. The average Bonchev–Trinajstić information content (AvgIpc) is 2.83. The van der Waals surface area contributed by atoms with E-state index in [0.717, 1.165) is 0 Å². The largest absolute Gasteiger partial charge is 0.382 e. The molecule has 0 radical (unpaired) electrons. The highest BCUT2D eigenvalue weighted by Crippen LogP contribution is 2.26. The van der Waals surface area contributed by atoms with Crippen LogP contribution in [0.3, 0.4) is 0 Å². The van der Waals surface area contributed by atoms with E-state index in [0.29, 0.717) is 31.9 Å². The van der Waals surface area contributed by atoms with Crippen LogP contribution in [0.5, 0.6) is 0 Å². The van der Waals surface area contributed by atoms with Crippen LogP contribution in [0.15, 0.2) is 33.6 Å². The molecule has 0 atom stereocenters. The molecule has 0 fully saturated rings. The second-order valence-electron chi connectivity index (χ2n) is 5.20. The second-order valence-corrected chi connectivity index (χ2v) is 6.77. The third kappa shape index (κ3) is 4.53. The molecule has 1 heterocycles. The quantitative estimate of drug-likeness (QED) is 0.651. The fourth-order valence-electron chi connectivity index (χ4n) is 2.22. The third-order valence-electron chi connectivity index (χ3n) is 3.36. The zero-order valence-electron chi connectivity index (χ0n) is 13.7. The Morgan fingerprint density at radius 2 is 2.00 bits per heavy atom. The summed E-state index contributed by atoms with van der Waals surface area (Å²) >= 11 is 0. The standard InChI is InChI=1S/C15H21N3O5S/c1-18(11-14(19)16-7-8-23-10-9-22-2)15-12-5-3-4-6-13(12)24(20,21)17-15/h3-6H,7-11H2,1-2H3,(H,16,19). The minimum absolute atomic E-state index is 0.000753. The van der Waals surface area contributed by atoms with Crippen molar-refractivity contribution in [1.82, 2.24) is 10.2 Å². The SMILES string of the molecule is COCCOCCNC(=O)CN(C)C1=NS(=O)(=O)c2ccccc21. The Balaban J connectivity index is 1.87. The van der Waals surface area contributed by atoms with Crippen LogP contribution in [0.4, 0.5) is 0 Å². The first-order valence-corrected chi connectivity index (χ1v) is 8.88. The van der Waals surface area contributed by atoms with Crippen molar-refractivity contribution in [1.29, 1.82) is 0 Å². The number of nitrogens with one attached hydrogen (secondary N) is 1. The molecule has 24 heavy (non-hydrogen) atoms. The lowest BCUT2D eigenvalue weighted by Crippen LogP contribution is -2.39. The number of amidine groups is 1. The van der Waals surface area contributed by atoms with Crippen LogP contribution in [-0.4, -0.2) is 72.1 Å². The maximum Gasteiger partial charge on any atom is 0.285 e. The summed E-state index contributed by atoms with van der Waals surface area (Å²) in [5, 5.41) is 2.71. The number of fused-ring (bicyclic) bond motifs is 1. The van der Waals surface area contributed by atoms with Gasteiger partial charge in [0.1, 0.15) is 4.90 Å². The Morgan fingerprint density at radius 1 is 1.25 bits per heavy atom. The van der Waals surface area contributed by atoms with Crippen LogP contribution >= 0.6 is 0 Å². The number of carbonyl (C=O) groups excluding carboxylic acids is 1. The Kier molecular flexibility index (Phi) is 6.29. The number of rotatable bonds is 8. The molecule has 1 aromatic rings. The lowest BCUT2D eigenvalue weighted by Gasteiger charge is -2.18. The van der Waals surface area contributed by atoms with E-state index in [9.17, 15) is 13.2 Å². The zero-order valence-corrected chi connectivity index (χ0v) is 14.5. The Labute approximate surface area is 141 Å². The van der Waals surface area contributed by atoms with E-state index in [1.165, 1.54) is 11.0 Å². The molecule has 0 aliphatic carbocycles. The highest BCUT2D eigenvalue weighted by Gasteiger charge is 2.30. The van der Waals surface area contributed by atoms with E-state index in [1.54, 1.807) is 32.4 Å². The van der Waals surface area contributed by atoms with Crippen molar-refractivity contribution in [2.24, 2.45) is 4.40 Å². The van der Waals surface area contributed by atoms with Crippen LogP contribution in [0, 0.1) is 0 Å². The van der Waals surface area contributed by atoms with Crippen molar-refractivity contribution in [3.8, 4) is 0 Å². The predicted octanol–water partition coefficient (Wildman–Crippen LogP) is -0.153. The molecule has 1 aromatic carbocycles. The van der Waals surface area contributed by atoms with E-state index in [1.807, 2.05) is 0 Å². The number of carbonyl (C=O) groups is 1. The molecule has 1 N–H and O–H groups in total. The number of hydrogen-bond donors (Lipinski definition) is 1. The average molecular weight is 355 g/mol. The zero-order chi connectivity index (χ0) is 17.6. The third-order valence-corrected chi connectivity index (χ3v) is 4.68. The summed E-state index contributed by atoms with van der Waals surface area (Å²) in [5.74, 6) is 0.0365. The molecule has 8 nitrogen and oxygen atoms in total. The van der Waals surface area contributed by atoms with E-state index in [4.69, 9.17) is 9.47 Å². The van der Waals surface area contributed by atoms with Gasteiger partial charge in [-0.05, 0) is 12.1 Å². The summed E-state index contributed by atoms with van der Waals surface area (Å²) in [5.41, 5.74) is 0.510. The number of methoxy groups -OCH3 is 1. The lowest BCUT2D eigenvalue weighted by molar-refractivity contribution is -0.121.